The van der Waals surface area contributed by atoms with Crippen LogP contribution < -0.4 is 0 Å². The minimum absolute atomic E-state index is 0. The van der Waals surface area contributed by atoms with Gasteiger partial charge in [0.05, 0.1) is 0 Å². The Kier molecular flexibility index (Phi) is 54.5. The Hall–Kier alpha value is -1.99. The molecule has 0 fully saturated rings. The summed E-state index contributed by atoms with van der Waals surface area (Å²) >= 11 is 0. The second-order valence-electron chi connectivity index (χ2n) is 23.6. The van der Waals surface area contributed by atoms with Crippen LogP contribution in [0.5, 0.6) is 0 Å². The van der Waals surface area contributed by atoms with E-state index in [-0.39, 0.29) is 16.5 Å². The molecule has 0 saturated heterocycles. The molecule has 77 heavy (non-hydrogen) atoms. The molecule has 0 bridgehead atoms. The van der Waals surface area contributed by atoms with Gasteiger partial charge in [0.25, 0.3) is 0 Å². The number of unbranched alkanes of at least 4 members (excludes halogenated alkanes) is 37. The van der Waals surface area contributed by atoms with Gasteiger partial charge in [-0.1, -0.05) is 298 Å². The van der Waals surface area contributed by atoms with Gasteiger partial charge in [-0.05, 0) is 111 Å². The van der Waals surface area contributed by atoms with E-state index in [0.717, 1.165) is 69.2 Å². The Labute approximate surface area is 493 Å². The fraction of sp³-hybridized carbons (Fsp3) is 0.757. The SMILES string of the molecule is CCCCCCCCCCCCCCCCCc1cc(CCCC)cc(C2=CC(CCCC)=C(c3cc(CCCC)cc(CCCCCCCCCCCCCCCCC)c3)[N+]2=[N-])c1.[CH2-]CCCCC.[CH2-]CCCCC.[Ni+2]. The molecule has 2 aromatic carbocycles. The van der Waals surface area contributed by atoms with E-state index in [4.69, 9.17) is 0 Å². The van der Waals surface area contributed by atoms with E-state index in [2.05, 4.69) is 105 Å². The van der Waals surface area contributed by atoms with Crippen molar-refractivity contribution in [1.29, 1.82) is 0 Å². The number of aryl methyl sites for hydroxylation is 4. The van der Waals surface area contributed by atoms with Gasteiger partial charge in [-0.15, -0.1) is 0 Å². The summed E-state index contributed by atoms with van der Waals surface area (Å²) in [5.74, 6) is 0. The van der Waals surface area contributed by atoms with Crippen molar-refractivity contribution in [3.63, 3.8) is 0 Å². The molecule has 0 amide bonds. The van der Waals surface area contributed by atoms with Crippen LogP contribution in [-0.4, -0.2) is 4.70 Å². The summed E-state index contributed by atoms with van der Waals surface area (Å²) in [6.45, 7) is 23.4. The van der Waals surface area contributed by atoms with Crippen LogP contribution >= 0.6 is 0 Å². The van der Waals surface area contributed by atoms with E-state index in [0.29, 0.717) is 0 Å². The summed E-state index contributed by atoms with van der Waals surface area (Å²) in [4.78, 5) is 0. The van der Waals surface area contributed by atoms with Gasteiger partial charge in [0.2, 0.25) is 11.4 Å². The molecule has 1 aliphatic heterocycles. The summed E-state index contributed by atoms with van der Waals surface area (Å²) < 4.78 is 1.59. The predicted molar refractivity (Wildman–Crippen MR) is 344 cm³/mol. The second-order valence-corrected chi connectivity index (χ2v) is 23.6. The average Bonchev–Trinajstić information content (AvgIpc) is 3.78. The third-order valence-corrected chi connectivity index (χ3v) is 16.0. The van der Waals surface area contributed by atoms with Crippen molar-refractivity contribution in [1.82, 2.24) is 0 Å². The van der Waals surface area contributed by atoms with Crippen molar-refractivity contribution >= 4 is 11.4 Å². The predicted octanol–water partition coefficient (Wildman–Crippen LogP) is 26.0. The zero-order chi connectivity index (χ0) is 55.4. The molecule has 2 nitrogen and oxygen atoms in total. The summed E-state index contributed by atoms with van der Waals surface area (Å²) in [5, 5.41) is 0. The minimum atomic E-state index is 0. The van der Waals surface area contributed by atoms with Crippen molar-refractivity contribution < 1.29 is 21.2 Å². The van der Waals surface area contributed by atoms with E-state index in [9.17, 15) is 5.53 Å². The van der Waals surface area contributed by atoms with E-state index in [1.165, 1.54) is 296 Å². The Bertz CT molecular complexity index is 1670. The Balaban J connectivity index is 0.00000397. The zero-order valence-electron chi connectivity index (χ0n) is 52.8. The number of rotatable bonds is 49. The van der Waals surface area contributed by atoms with Crippen molar-refractivity contribution in [2.24, 2.45) is 0 Å². The molecule has 0 spiro atoms. The van der Waals surface area contributed by atoms with Crippen LogP contribution in [0.3, 0.4) is 0 Å². The molecule has 3 heteroatoms. The second kappa shape index (κ2) is 55.9. The van der Waals surface area contributed by atoms with Crippen LogP contribution in [0, 0.1) is 13.8 Å². The molecule has 3 rings (SSSR count). The van der Waals surface area contributed by atoms with Crippen LogP contribution in [0.1, 0.15) is 371 Å². The van der Waals surface area contributed by atoms with E-state index in [1.807, 2.05) is 0 Å². The van der Waals surface area contributed by atoms with Gasteiger partial charge in [0.15, 0.2) is 0 Å². The third-order valence-electron chi connectivity index (χ3n) is 16.0. The fourth-order valence-electron chi connectivity index (χ4n) is 11.0. The van der Waals surface area contributed by atoms with E-state index >= 15 is 0 Å². The number of hydrogen-bond donors (Lipinski definition) is 0. The first-order chi connectivity index (χ1) is 37.4. The van der Waals surface area contributed by atoms with Gasteiger partial charge in [0.1, 0.15) is 0 Å². The normalized spacial score (nSPS) is 12.1. The topological polar surface area (TPSA) is 25.3 Å². The number of nitrogens with zero attached hydrogens (tertiary/aromatic N) is 2. The first kappa shape index (κ1) is 75.0. The van der Waals surface area contributed by atoms with Gasteiger partial charge in [0, 0.05) is 22.8 Å². The van der Waals surface area contributed by atoms with Crippen molar-refractivity contribution in [2.75, 3.05) is 0 Å². The zero-order valence-corrected chi connectivity index (χ0v) is 53.8. The smallest absolute Gasteiger partial charge is 0.493 e. The Morgan fingerprint density at radius 1 is 0.299 bits per heavy atom. The number of hydrogen-bond acceptors (Lipinski definition) is 0. The molecule has 0 atom stereocenters. The maximum atomic E-state index is 12.3. The van der Waals surface area contributed by atoms with Gasteiger partial charge >= 0.3 is 16.5 Å². The van der Waals surface area contributed by atoms with Crippen molar-refractivity contribution in [3.8, 4) is 0 Å². The first-order valence-electron chi connectivity index (χ1n) is 34.2. The summed E-state index contributed by atoms with van der Waals surface area (Å²) in [6.07, 6.45) is 67.2. The molecule has 1 heterocycles. The maximum absolute atomic E-state index is 12.3. The molecule has 0 radical (unpaired) electrons. The quantitative estimate of drug-likeness (QED) is 0.0273. The monoisotopic (exact) mass is 1100 g/mol. The summed E-state index contributed by atoms with van der Waals surface area (Å²) in [5.41, 5.74) is 23.8. The Morgan fingerprint density at radius 3 is 0.831 bits per heavy atom. The van der Waals surface area contributed by atoms with Gasteiger partial charge in [-0.3, -0.25) is 0 Å². The molecular formula is C74H130N2Ni. The molecule has 0 aliphatic carbocycles. The summed E-state index contributed by atoms with van der Waals surface area (Å²) in [7, 11) is 0. The van der Waals surface area contributed by atoms with E-state index in [1.54, 1.807) is 4.70 Å². The molecule has 0 saturated carbocycles. The molecule has 0 aromatic heterocycles. The molecule has 2 aromatic rings. The van der Waals surface area contributed by atoms with Gasteiger partial charge in [-0.2, -0.15) is 12.8 Å². The van der Waals surface area contributed by atoms with Crippen LogP contribution in [0.25, 0.3) is 16.9 Å². The van der Waals surface area contributed by atoms with E-state index < -0.39 is 0 Å². The van der Waals surface area contributed by atoms with Crippen LogP contribution in [0.2, 0.25) is 0 Å². The molecular weight excluding hydrogens is 976 g/mol. The van der Waals surface area contributed by atoms with Crippen LogP contribution in [0.15, 0.2) is 48.0 Å². The Morgan fingerprint density at radius 2 is 0.545 bits per heavy atom. The largest absolute Gasteiger partial charge is 2.00 e. The third kappa shape index (κ3) is 40.0. The van der Waals surface area contributed by atoms with Crippen LogP contribution in [0.4, 0.5) is 0 Å². The molecule has 1 aliphatic rings. The molecule has 0 N–H and O–H groups in total. The van der Waals surface area contributed by atoms with Crippen molar-refractivity contribution in [2.45, 2.75) is 363 Å². The van der Waals surface area contributed by atoms with Crippen molar-refractivity contribution in [3.05, 3.63) is 101 Å². The average molecular weight is 1110 g/mol. The molecule has 0 unspecified atom stereocenters. The fourth-order valence-corrected chi connectivity index (χ4v) is 11.0. The number of allylic oxidation sites excluding steroid dienone is 2. The first-order valence-corrected chi connectivity index (χ1v) is 34.2. The number of benzene rings is 2. The standard InChI is InChI=1S/C62H104N2.2C6H13.Ni/c1-6-11-16-18-20-22-24-26-28-30-32-34-36-38-40-44-56-47-54(42-13-8-3)49-59(50-56)61-53-58(46-15-10-5)62(64(61)63)60-51-55(43-14-9-4)48-57(52-60)45-41-39-37-35-33-31-29-27-25-23-21-19-17-12-7-2;2*1-3-5-6-4-2;/h47-53H,6-46H2,1-5H3;2*1,3-6H2,2H3;/q;2*-1;+2. The van der Waals surface area contributed by atoms with Gasteiger partial charge in [-0.25, -0.2) is 4.70 Å². The minimum Gasteiger partial charge on any atom is -0.493 e. The molecule has 446 valence electrons. The van der Waals surface area contributed by atoms with Crippen LogP contribution in [-0.2, 0) is 42.2 Å². The van der Waals surface area contributed by atoms with Gasteiger partial charge < -0.3 is 19.4 Å². The summed E-state index contributed by atoms with van der Waals surface area (Å²) in [6, 6.07) is 14.6. The maximum Gasteiger partial charge on any atom is 2.00 e.